The predicted molar refractivity (Wildman–Crippen MR) is 79.2 cm³/mol. The summed E-state index contributed by atoms with van der Waals surface area (Å²) in [6, 6.07) is 0. The third-order valence-electron chi connectivity index (χ3n) is 5.58. The summed E-state index contributed by atoms with van der Waals surface area (Å²) in [7, 11) is 0. The van der Waals surface area contributed by atoms with Crippen LogP contribution in [0.5, 0.6) is 0 Å². The molecule has 0 saturated heterocycles. The molecule has 0 heterocycles. The molecule has 4 fully saturated rings. The first kappa shape index (κ1) is 13.9. The van der Waals surface area contributed by atoms with Gasteiger partial charge in [-0.3, -0.25) is 4.79 Å². The van der Waals surface area contributed by atoms with Crippen LogP contribution in [0.15, 0.2) is 0 Å². The lowest BCUT2D eigenvalue weighted by molar-refractivity contribution is -0.146. The van der Waals surface area contributed by atoms with E-state index in [9.17, 15) is 4.79 Å². The molecule has 0 atom stereocenters. The van der Waals surface area contributed by atoms with Crippen LogP contribution in [0.25, 0.3) is 0 Å². The molecule has 0 amide bonds. The summed E-state index contributed by atoms with van der Waals surface area (Å²) < 4.78 is 5.42. The van der Waals surface area contributed by atoms with Gasteiger partial charge in [-0.15, -0.1) is 0 Å². The summed E-state index contributed by atoms with van der Waals surface area (Å²) in [5.41, 5.74) is 0.546. The van der Waals surface area contributed by atoms with Crippen molar-refractivity contribution in [1.29, 1.82) is 0 Å². The zero-order chi connectivity index (χ0) is 13.3. The van der Waals surface area contributed by atoms with E-state index in [1.165, 1.54) is 38.5 Å². The molecule has 0 aromatic rings. The fraction of sp³-hybridized carbons (Fsp3) is 0.938. The Morgan fingerprint density at radius 1 is 1.11 bits per heavy atom. The van der Waals surface area contributed by atoms with E-state index in [1.54, 1.807) is 0 Å². The number of carbonyl (C=O) groups is 1. The van der Waals surface area contributed by atoms with Gasteiger partial charge in [0.05, 0.1) is 6.61 Å². The normalized spacial score (nSPS) is 39.5. The van der Waals surface area contributed by atoms with Gasteiger partial charge in [0.15, 0.2) is 0 Å². The van der Waals surface area contributed by atoms with Gasteiger partial charge in [0.1, 0.15) is 0 Å². The molecule has 0 spiro atoms. The molecule has 108 valence electrons. The van der Waals surface area contributed by atoms with Gasteiger partial charge >= 0.3 is 5.97 Å². The van der Waals surface area contributed by atoms with Gasteiger partial charge in [-0.05, 0) is 74.5 Å². The van der Waals surface area contributed by atoms with Crippen molar-refractivity contribution in [2.24, 2.45) is 23.2 Å². The summed E-state index contributed by atoms with van der Waals surface area (Å²) in [6.07, 6.45) is 11.3. The van der Waals surface area contributed by atoms with E-state index in [-0.39, 0.29) is 5.97 Å². The molecule has 4 rings (SSSR count). The van der Waals surface area contributed by atoms with Gasteiger partial charge in [0, 0.05) is 11.8 Å². The van der Waals surface area contributed by atoms with Crippen molar-refractivity contribution in [3.05, 3.63) is 0 Å². The average molecular weight is 329 g/mol. The maximum absolute atomic E-state index is 11.5. The minimum absolute atomic E-state index is 0.0100. The lowest BCUT2D eigenvalue weighted by atomic mass is 9.49. The lowest BCUT2D eigenvalue weighted by Gasteiger charge is -2.57. The standard InChI is InChI=1S/C16H25BrO2/c17-4-1-2-15(18)19-5-3-16-9-12-6-13(10-16)8-14(7-12)11-16/h12-14H,1-11H2. The van der Waals surface area contributed by atoms with Crippen LogP contribution in [0, 0.1) is 23.2 Å². The number of esters is 1. The first-order valence-electron chi connectivity index (χ1n) is 7.91. The van der Waals surface area contributed by atoms with Gasteiger partial charge in [-0.2, -0.15) is 0 Å². The van der Waals surface area contributed by atoms with E-state index in [0.29, 0.717) is 18.4 Å². The van der Waals surface area contributed by atoms with Crippen molar-refractivity contribution in [2.45, 2.75) is 57.8 Å². The molecule has 0 unspecified atom stereocenters. The van der Waals surface area contributed by atoms with Gasteiger partial charge in [0.2, 0.25) is 0 Å². The molecule has 0 aromatic carbocycles. The smallest absolute Gasteiger partial charge is 0.305 e. The monoisotopic (exact) mass is 328 g/mol. The number of halogens is 1. The molecule has 4 saturated carbocycles. The third kappa shape index (κ3) is 3.17. The Labute approximate surface area is 124 Å². The molecule has 3 heteroatoms. The van der Waals surface area contributed by atoms with E-state index in [1.807, 2.05) is 0 Å². The summed E-state index contributed by atoms with van der Waals surface area (Å²) in [5, 5.41) is 0.886. The van der Waals surface area contributed by atoms with Crippen molar-refractivity contribution in [1.82, 2.24) is 0 Å². The Bertz CT molecular complexity index is 304. The average Bonchev–Trinajstić information content (AvgIpc) is 2.34. The Morgan fingerprint density at radius 2 is 1.68 bits per heavy atom. The molecule has 19 heavy (non-hydrogen) atoms. The first-order valence-corrected chi connectivity index (χ1v) is 9.03. The number of carbonyl (C=O) groups excluding carboxylic acids is 1. The molecule has 0 aliphatic heterocycles. The third-order valence-corrected chi connectivity index (χ3v) is 6.14. The fourth-order valence-electron chi connectivity index (χ4n) is 5.26. The van der Waals surface area contributed by atoms with Gasteiger partial charge in [-0.1, -0.05) is 15.9 Å². The Kier molecular flexibility index (Phi) is 4.21. The number of rotatable bonds is 6. The summed E-state index contributed by atoms with van der Waals surface area (Å²) in [6.45, 7) is 0.660. The maximum atomic E-state index is 11.5. The predicted octanol–water partition coefficient (Wildman–Crippen LogP) is 4.31. The SMILES string of the molecule is O=C(CCCBr)OCCC12CC3CC(CC(C3)C1)C2. The highest BCUT2D eigenvalue weighted by atomic mass is 79.9. The Morgan fingerprint density at radius 3 is 2.21 bits per heavy atom. The van der Waals surface area contributed by atoms with Crippen LogP contribution in [0.3, 0.4) is 0 Å². The minimum Gasteiger partial charge on any atom is -0.466 e. The first-order chi connectivity index (χ1) is 9.19. The van der Waals surface area contributed by atoms with Crippen LogP contribution in [0.2, 0.25) is 0 Å². The van der Waals surface area contributed by atoms with Crippen molar-refractivity contribution in [2.75, 3.05) is 11.9 Å². The molecule has 2 nitrogen and oxygen atoms in total. The quantitative estimate of drug-likeness (QED) is 0.536. The molecule has 0 N–H and O–H groups in total. The van der Waals surface area contributed by atoms with Gasteiger partial charge in [-0.25, -0.2) is 0 Å². The minimum atomic E-state index is -0.0100. The second-order valence-corrected chi connectivity index (χ2v) is 7.97. The summed E-state index contributed by atoms with van der Waals surface area (Å²) in [4.78, 5) is 11.5. The van der Waals surface area contributed by atoms with E-state index in [4.69, 9.17) is 4.74 Å². The molecular formula is C16H25BrO2. The zero-order valence-electron chi connectivity index (χ0n) is 11.7. The molecule has 0 radical (unpaired) electrons. The van der Waals surface area contributed by atoms with E-state index >= 15 is 0 Å². The van der Waals surface area contributed by atoms with Crippen LogP contribution >= 0.6 is 15.9 Å². The summed E-state index contributed by atoms with van der Waals surface area (Å²) in [5.74, 6) is 2.98. The van der Waals surface area contributed by atoms with E-state index < -0.39 is 0 Å². The van der Waals surface area contributed by atoms with Gasteiger partial charge in [0.25, 0.3) is 0 Å². The number of hydrogen-bond donors (Lipinski definition) is 0. The molecule has 4 aliphatic carbocycles. The number of ether oxygens (including phenoxy) is 1. The number of hydrogen-bond acceptors (Lipinski definition) is 2. The lowest BCUT2D eigenvalue weighted by Crippen LogP contribution is -2.46. The highest BCUT2D eigenvalue weighted by molar-refractivity contribution is 9.09. The van der Waals surface area contributed by atoms with Crippen molar-refractivity contribution >= 4 is 21.9 Å². The van der Waals surface area contributed by atoms with Crippen LogP contribution < -0.4 is 0 Å². The maximum Gasteiger partial charge on any atom is 0.305 e. The zero-order valence-corrected chi connectivity index (χ0v) is 13.3. The second kappa shape index (κ2) is 5.75. The molecule has 0 aromatic heterocycles. The van der Waals surface area contributed by atoms with Crippen molar-refractivity contribution in [3.8, 4) is 0 Å². The van der Waals surface area contributed by atoms with E-state index in [0.717, 1.165) is 35.9 Å². The van der Waals surface area contributed by atoms with E-state index in [2.05, 4.69) is 15.9 Å². The molecule has 4 bridgehead atoms. The fourth-order valence-corrected chi connectivity index (χ4v) is 5.54. The molecule has 4 aliphatic rings. The van der Waals surface area contributed by atoms with Gasteiger partial charge < -0.3 is 4.74 Å². The largest absolute Gasteiger partial charge is 0.466 e. The number of alkyl halides is 1. The van der Waals surface area contributed by atoms with Crippen LogP contribution in [0.4, 0.5) is 0 Å². The Balaban J connectivity index is 1.46. The van der Waals surface area contributed by atoms with Crippen LogP contribution in [0.1, 0.15) is 57.8 Å². The summed E-state index contributed by atoms with van der Waals surface area (Å²) >= 11 is 3.35. The highest BCUT2D eigenvalue weighted by Crippen LogP contribution is 2.61. The van der Waals surface area contributed by atoms with Crippen LogP contribution in [-0.2, 0) is 9.53 Å². The molecular weight excluding hydrogens is 304 g/mol. The highest BCUT2D eigenvalue weighted by Gasteiger charge is 2.50. The van der Waals surface area contributed by atoms with Crippen LogP contribution in [-0.4, -0.2) is 17.9 Å². The van der Waals surface area contributed by atoms with Crippen molar-refractivity contribution < 1.29 is 9.53 Å². The topological polar surface area (TPSA) is 26.3 Å². The van der Waals surface area contributed by atoms with Crippen molar-refractivity contribution in [3.63, 3.8) is 0 Å². The second-order valence-electron chi connectivity index (χ2n) is 7.18. The Hall–Kier alpha value is -0.0500.